The van der Waals surface area contributed by atoms with Gasteiger partial charge in [-0.2, -0.15) is 0 Å². The lowest BCUT2D eigenvalue weighted by atomic mass is 9.59. The van der Waals surface area contributed by atoms with Crippen LogP contribution in [0, 0.1) is 5.92 Å². The number of aliphatic carboxylic acids is 1. The molecule has 1 saturated carbocycles. The third kappa shape index (κ3) is 2.71. The minimum atomic E-state index is -4.79. The molecule has 0 bridgehead atoms. The monoisotopic (exact) mass is 292 g/mol. The summed E-state index contributed by atoms with van der Waals surface area (Å²) in [5, 5.41) is 9.27. The summed E-state index contributed by atoms with van der Waals surface area (Å²) in [5.41, 5.74) is -0.836. The van der Waals surface area contributed by atoms with Crippen LogP contribution in [0.3, 0.4) is 0 Å². The molecular formula is C13H12F4O3. The van der Waals surface area contributed by atoms with Crippen LogP contribution in [0.1, 0.15) is 18.4 Å². The van der Waals surface area contributed by atoms with Crippen LogP contribution >= 0.6 is 0 Å². The largest absolute Gasteiger partial charge is 0.573 e. The van der Waals surface area contributed by atoms with Crippen LogP contribution in [0.4, 0.5) is 17.6 Å². The number of hydrogen-bond donors (Lipinski definition) is 1. The van der Waals surface area contributed by atoms with Gasteiger partial charge in [-0.05, 0) is 36.5 Å². The fourth-order valence-electron chi connectivity index (χ4n) is 2.54. The van der Waals surface area contributed by atoms with Gasteiger partial charge in [0.05, 0.1) is 12.1 Å². The first-order chi connectivity index (χ1) is 9.27. The molecule has 1 aromatic rings. The third-order valence-electron chi connectivity index (χ3n) is 3.54. The number of benzene rings is 1. The Labute approximate surface area is 112 Å². The van der Waals surface area contributed by atoms with Crippen molar-refractivity contribution in [2.45, 2.75) is 24.6 Å². The molecule has 0 aliphatic heterocycles. The summed E-state index contributed by atoms with van der Waals surface area (Å²) in [6.45, 7) is -0.593. The number of ether oxygens (including phenoxy) is 1. The van der Waals surface area contributed by atoms with Crippen molar-refractivity contribution in [1.29, 1.82) is 0 Å². The Morgan fingerprint density at radius 2 is 1.85 bits per heavy atom. The van der Waals surface area contributed by atoms with Gasteiger partial charge in [-0.15, -0.1) is 13.2 Å². The standard InChI is InChI=1S/C13H12F4O3/c14-7-8-5-12(6-8,11(18)19)9-1-3-10(4-2-9)20-13(15,16)17/h1-4,8H,5-7H2,(H,18,19). The Bertz CT molecular complexity index is 489. The van der Waals surface area contributed by atoms with Crippen molar-refractivity contribution >= 4 is 5.97 Å². The van der Waals surface area contributed by atoms with E-state index in [9.17, 15) is 27.5 Å². The number of rotatable bonds is 4. The Balaban J connectivity index is 2.18. The molecule has 0 amide bonds. The maximum atomic E-state index is 12.5. The van der Waals surface area contributed by atoms with Crippen molar-refractivity contribution in [3.8, 4) is 5.75 Å². The second-order valence-corrected chi connectivity index (χ2v) is 4.89. The molecule has 1 aliphatic carbocycles. The second kappa shape index (κ2) is 4.96. The van der Waals surface area contributed by atoms with E-state index in [0.29, 0.717) is 5.56 Å². The Morgan fingerprint density at radius 3 is 2.25 bits per heavy atom. The fraction of sp³-hybridized carbons (Fsp3) is 0.462. The van der Waals surface area contributed by atoms with Gasteiger partial charge in [-0.1, -0.05) is 12.1 Å². The molecule has 0 heterocycles. The zero-order chi connectivity index (χ0) is 15.0. The highest BCUT2D eigenvalue weighted by Gasteiger charge is 2.51. The summed E-state index contributed by atoms with van der Waals surface area (Å²) in [5.74, 6) is -1.81. The Morgan fingerprint density at radius 1 is 1.30 bits per heavy atom. The molecule has 1 aliphatic rings. The molecule has 0 aromatic heterocycles. The van der Waals surface area contributed by atoms with E-state index in [1.54, 1.807) is 0 Å². The number of halogens is 4. The predicted molar refractivity (Wildman–Crippen MR) is 61.1 cm³/mol. The molecule has 0 atom stereocenters. The van der Waals surface area contributed by atoms with E-state index >= 15 is 0 Å². The van der Waals surface area contributed by atoms with Crippen LogP contribution in [0.25, 0.3) is 0 Å². The highest BCUT2D eigenvalue weighted by atomic mass is 19.4. The van der Waals surface area contributed by atoms with Gasteiger partial charge in [0, 0.05) is 0 Å². The first-order valence-electron chi connectivity index (χ1n) is 5.92. The topological polar surface area (TPSA) is 46.5 Å². The van der Waals surface area contributed by atoms with Gasteiger partial charge in [0.1, 0.15) is 5.75 Å². The molecule has 110 valence electrons. The summed E-state index contributed by atoms with van der Waals surface area (Å²) in [6.07, 6.45) is -4.49. The molecule has 3 nitrogen and oxygen atoms in total. The molecule has 0 saturated heterocycles. The number of alkyl halides is 4. The highest BCUT2D eigenvalue weighted by molar-refractivity contribution is 5.82. The summed E-state index contributed by atoms with van der Waals surface area (Å²) in [4.78, 5) is 11.3. The van der Waals surface area contributed by atoms with Crippen LogP contribution in [-0.2, 0) is 10.2 Å². The maximum Gasteiger partial charge on any atom is 0.573 e. The van der Waals surface area contributed by atoms with Crippen LogP contribution in [-0.4, -0.2) is 24.1 Å². The number of carboxylic acids is 1. The van der Waals surface area contributed by atoms with Crippen LogP contribution in [0.2, 0.25) is 0 Å². The van der Waals surface area contributed by atoms with Gasteiger partial charge >= 0.3 is 12.3 Å². The van der Waals surface area contributed by atoms with Crippen molar-refractivity contribution in [1.82, 2.24) is 0 Å². The van der Waals surface area contributed by atoms with Crippen molar-refractivity contribution < 1.29 is 32.2 Å². The molecule has 1 aromatic carbocycles. The van der Waals surface area contributed by atoms with Gasteiger partial charge in [0.25, 0.3) is 0 Å². The minimum Gasteiger partial charge on any atom is -0.481 e. The summed E-state index contributed by atoms with van der Waals surface area (Å²) in [7, 11) is 0. The lowest BCUT2D eigenvalue weighted by molar-refractivity contribution is -0.274. The lowest BCUT2D eigenvalue weighted by Crippen LogP contribution is -2.48. The van der Waals surface area contributed by atoms with E-state index < -0.39 is 30.2 Å². The maximum absolute atomic E-state index is 12.5. The molecular weight excluding hydrogens is 280 g/mol. The van der Waals surface area contributed by atoms with Crippen molar-refractivity contribution in [3.63, 3.8) is 0 Å². The lowest BCUT2D eigenvalue weighted by Gasteiger charge is -2.43. The van der Waals surface area contributed by atoms with Gasteiger partial charge in [-0.25, -0.2) is 0 Å². The zero-order valence-electron chi connectivity index (χ0n) is 10.3. The van der Waals surface area contributed by atoms with Crippen molar-refractivity contribution in [3.05, 3.63) is 29.8 Å². The van der Waals surface area contributed by atoms with E-state index in [2.05, 4.69) is 4.74 Å². The van der Waals surface area contributed by atoms with E-state index in [0.717, 1.165) is 12.1 Å². The van der Waals surface area contributed by atoms with E-state index in [1.165, 1.54) is 12.1 Å². The predicted octanol–water partition coefficient (Wildman–Crippen LogP) is 3.29. The smallest absolute Gasteiger partial charge is 0.481 e. The normalized spacial score (nSPS) is 25.9. The molecule has 2 rings (SSSR count). The summed E-state index contributed by atoms with van der Waals surface area (Å²) < 4.78 is 52.3. The van der Waals surface area contributed by atoms with Gasteiger partial charge < -0.3 is 9.84 Å². The molecule has 0 radical (unpaired) electrons. The van der Waals surface area contributed by atoms with E-state index in [-0.39, 0.29) is 18.8 Å². The van der Waals surface area contributed by atoms with Crippen LogP contribution in [0.5, 0.6) is 5.75 Å². The van der Waals surface area contributed by atoms with E-state index in [1.807, 2.05) is 0 Å². The zero-order valence-corrected chi connectivity index (χ0v) is 10.3. The van der Waals surface area contributed by atoms with Gasteiger partial charge in [-0.3, -0.25) is 9.18 Å². The average Bonchev–Trinajstić information content (AvgIpc) is 2.27. The summed E-state index contributed by atoms with van der Waals surface area (Å²) in [6, 6.07) is 4.69. The second-order valence-electron chi connectivity index (χ2n) is 4.89. The average molecular weight is 292 g/mol. The van der Waals surface area contributed by atoms with Crippen molar-refractivity contribution in [2.24, 2.45) is 5.92 Å². The molecule has 7 heteroatoms. The minimum absolute atomic E-state index is 0.151. The molecule has 1 fully saturated rings. The third-order valence-corrected chi connectivity index (χ3v) is 3.54. The number of carboxylic acid groups (broad SMARTS) is 1. The van der Waals surface area contributed by atoms with Gasteiger partial charge in [0.15, 0.2) is 0 Å². The SMILES string of the molecule is O=C(O)C1(c2ccc(OC(F)(F)F)cc2)CC(CF)C1. The van der Waals surface area contributed by atoms with Gasteiger partial charge in [0.2, 0.25) is 0 Å². The molecule has 20 heavy (non-hydrogen) atoms. The number of hydrogen-bond acceptors (Lipinski definition) is 2. The quantitative estimate of drug-likeness (QED) is 0.866. The first kappa shape index (κ1) is 14.6. The van der Waals surface area contributed by atoms with Crippen molar-refractivity contribution in [2.75, 3.05) is 6.67 Å². The van der Waals surface area contributed by atoms with Crippen LogP contribution < -0.4 is 4.74 Å². The Hall–Kier alpha value is -1.79. The summed E-state index contributed by atoms with van der Waals surface area (Å²) >= 11 is 0. The number of carbonyl (C=O) groups is 1. The highest BCUT2D eigenvalue weighted by Crippen LogP contribution is 2.48. The molecule has 0 spiro atoms. The first-order valence-corrected chi connectivity index (χ1v) is 5.92. The Kier molecular flexibility index (Phi) is 3.62. The van der Waals surface area contributed by atoms with E-state index in [4.69, 9.17) is 0 Å². The molecule has 1 N–H and O–H groups in total. The molecule has 0 unspecified atom stereocenters. The fourth-order valence-corrected chi connectivity index (χ4v) is 2.54. The van der Waals surface area contributed by atoms with Crippen LogP contribution in [0.15, 0.2) is 24.3 Å².